The van der Waals surface area contributed by atoms with Gasteiger partial charge in [0, 0.05) is 17.8 Å². The van der Waals surface area contributed by atoms with Crippen molar-refractivity contribution in [3.63, 3.8) is 0 Å². The Kier molecular flexibility index (Phi) is 5.91. The van der Waals surface area contributed by atoms with Crippen molar-refractivity contribution in [2.75, 3.05) is 0 Å². The van der Waals surface area contributed by atoms with Crippen LogP contribution in [-0.4, -0.2) is 16.1 Å². The average Bonchev–Trinajstić information content (AvgIpc) is 2.48. The first-order chi connectivity index (χ1) is 10.1. The van der Waals surface area contributed by atoms with Gasteiger partial charge < -0.3 is 5.32 Å². The molecular weight excluding hydrogens is 327 g/mol. The van der Waals surface area contributed by atoms with Crippen LogP contribution in [0.25, 0.3) is 0 Å². The maximum absolute atomic E-state index is 12.1. The van der Waals surface area contributed by atoms with Gasteiger partial charge in [-0.05, 0) is 30.7 Å². The molecule has 0 radical (unpaired) electrons. The van der Waals surface area contributed by atoms with E-state index < -0.39 is 0 Å². The van der Waals surface area contributed by atoms with Crippen LogP contribution in [0.5, 0.6) is 0 Å². The van der Waals surface area contributed by atoms with Crippen LogP contribution in [0.1, 0.15) is 12.5 Å². The van der Waals surface area contributed by atoms with E-state index in [1.807, 2.05) is 25.1 Å². The van der Waals surface area contributed by atoms with Crippen molar-refractivity contribution in [3.05, 3.63) is 58.2 Å². The summed E-state index contributed by atoms with van der Waals surface area (Å²) in [5.74, 6) is -0.0586. The second kappa shape index (κ2) is 7.69. The smallest absolute Gasteiger partial charge is 0.233 e. The quantitative estimate of drug-likeness (QED) is 0.830. The number of halogens is 2. The summed E-state index contributed by atoms with van der Waals surface area (Å²) in [7, 11) is 0. The Bertz CT molecular complexity index is 619. The monoisotopic (exact) mass is 340 g/mol. The number of thioether (sulfide) groups is 1. The minimum atomic E-state index is -0.249. The molecule has 110 valence electrons. The Morgan fingerprint density at radius 1 is 1.29 bits per heavy atom. The number of amides is 1. The lowest BCUT2D eigenvalue weighted by Gasteiger charge is -2.12. The van der Waals surface area contributed by atoms with Gasteiger partial charge in [-0.25, -0.2) is 4.98 Å². The van der Waals surface area contributed by atoms with E-state index >= 15 is 0 Å². The number of rotatable bonds is 5. The third kappa shape index (κ3) is 4.92. The van der Waals surface area contributed by atoms with Crippen molar-refractivity contribution in [3.8, 4) is 0 Å². The highest BCUT2D eigenvalue weighted by atomic mass is 35.5. The van der Waals surface area contributed by atoms with Gasteiger partial charge in [-0.15, -0.1) is 0 Å². The summed E-state index contributed by atoms with van der Waals surface area (Å²) in [6.07, 6.45) is 1.57. The number of hydrogen-bond donors (Lipinski definition) is 1. The standard InChI is InChI=1S/C15H14Cl2N2OS/c1-10(21-14-7-6-12(16)9-18-14)15(20)19-8-11-4-2-3-5-13(11)17/h2-7,9-10H,8H2,1H3,(H,19,20). The fourth-order valence-electron chi connectivity index (χ4n) is 1.63. The Morgan fingerprint density at radius 2 is 2.05 bits per heavy atom. The molecule has 0 aliphatic heterocycles. The van der Waals surface area contributed by atoms with Crippen LogP contribution >= 0.6 is 35.0 Å². The summed E-state index contributed by atoms with van der Waals surface area (Å²) >= 11 is 13.2. The molecule has 1 aromatic heterocycles. The van der Waals surface area contributed by atoms with Crippen LogP contribution in [0.2, 0.25) is 10.0 Å². The molecule has 6 heteroatoms. The van der Waals surface area contributed by atoms with Crippen LogP contribution in [0.15, 0.2) is 47.6 Å². The maximum Gasteiger partial charge on any atom is 0.233 e. The van der Waals surface area contributed by atoms with Crippen molar-refractivity contribution >= 4 is 40.9 Å². The summed E-state index contributed by atoms with van der Waals surface area (Å²) < 4.78 is 0. The topological polar surface area (TPSA) is 42.0 Å². The predicted molar refractivity (Wildman–Crippen MR) is 87.9 cm³/mol. The van der Waals surface area contributed by atoms with Gasteiger partial charge in [-0.3, -0.25) is 4.79 Å². The minimum absolute atomic E-state index is 0.0586. The highest BCUT2D eigenvalue weighted by Crippen LogP contribution is 2.22. The zero-order chi connectivity index (χ0) is 15.2. The van der Waals surface area contributed by atoms with Gasteiger partial charge in [0.15, 0.2) is 0 Å². The van der Waals surface area contributed by atoms with Gasteiger partial charge in [-0.2, -0.15) is 0 Å². The molecule has 1 N–H and O–H groups in total. The van der Waals surface area contributed by atoms with Crippen LogP contribution in [0, 0.1) is 0 Å². The Balaban J connectivity index is 1.88. The normalized spacial score (nSPS) is 12.0. The lowest BCUT2D eigenvalue weighted by molar-refractivity contribution is -0.120. The minimum Gasteiger partial charge on any atom is -0.351 e. The number of carbonyl (C=O) groups excluding carboxylic acids is 1. The molecule has 0 aliphatic rings. The van der Waals surface area contributed by atoms with Crippen LogP contribution in [0.4, 0.5) is 0 Å². The molecule has 1 atom stereocenters. The number of carbonyl (C=O) groups is 1. The van der Waals surface area contributed by atoms with Gasteiger partial charge >= 0.3 is 0 Å². The Labute approximate surface area is 138 Å². The molecule has 0 spiro atoms. The van der Waals surface area contributed by atoms with Crippen molar-refractivity contribution in [1.29, 1.82) is 0 Å². The third-order valence-corrected chi connectivity index (χ3v) is 4.42. The van der Waals surface area contributed by atoms with E-state index in [9.17, 15) is 4.79 Å². The van der Waals surface area contributed by atoms with E-state index in [1.54, 1.807) is 24.4 Å². The summed E-state index contributed by atoms with van der Waals surface area (Å²) in [6.45, 7) is 2.25. The first-order valence-electron chi connectivity index (χ1n) is 6.35. The van der Waals surface area contributed by atoms with Crippen LogP contribution < -0.4 is 5.32 Å². The highest BCUT2D eigenvalue weighted by Gasteiger charge is 2.15. The first kappa shape index (κ1) is 16.1. The molecule has 3 nitrogen and oxygen atoms in total. The van der Waals surface area contributed by atoms with Crippen molar-refractivity contribution in [1.82, 2.24) is 10.3 Å². The molecule has 0 bridgehead atoms. The zero-order valence-electron chi connectivity index (χ0n) is 11.3. The van der Waals surface area contributed by atoms with E-state index in [4.69, 9.17) is 23.2 Å². The second-order valence-electron chi connectivity index (χ2n) is 4.38. The van der Waals surface area contributed by atoms with E-state index in [0.29, 0.717) is 16.6 Å². The number of hydrogen-bond acceptors (Lipinski definition) is 3. The molecule has 2 aromatic rings. The molecule has 1 amide bonds. The molecule has 0 saturated carbocycles. The van der Waals surface area contributed by atoms with E-state index in [1.165, 1.54) is 11.8 Å². The molecule has 0 saturated heterocycles. The number of pyridine rings is 1. The maximum atomic E-state index is 12.1. The van der Waals surface area contributed by atoms with Gasteiger partial charge in [0.1, 0.15) is 0 Å². The summed E-state index contributed by atoms with van der Waals surface area (Å²) in [5.41, 5.74) is 0.898. The lowest BCUT2D eigenvalue weighted by atomic mass is 10.2. The number of nitrogens with zero attached hydrogens (tertiary/aromatic N) is 1. The fourth-order valence-corrected chi connectivity index (χ4v) is 2.76. The number of benzene rings is 1. The summed E-state index contributed by atoms with van der Waals surface area (Å²) in [4.78, 5) is 16.2. The predicted octanol–water partition coefficient (Wildman–Crippen LogP) is 4.19. The SMILES string of the molecule is CC(Sc1ccc(Cl)cn1)C(=O)NCc1ccccc1Cl. The van der Waals surface area contributed by atoms with Crippen LogP contribution in [0.3, 0.4) is 0 Å². The Morgan fingerprint density at radius 3 is 2.71 bits per heavy atom. The Hall–Kier alpha value is -1.23. The molecule has 2 rings (SSSR count). The first-order valence-corrected chi connectivity index (χ1v) is 7.99. The van der Waals surface area contributed by atoms with Crippen molar-refractivity contribution in [2.45, 2.75) is 23.7 Å². The highest BCUT2D eigenvalue weighted by molar-refractivity contribution is 8.00. The number of nitrogens with one attached hydrogen (secondary N) is 1. The number of aromatic nitrogens is 1. The van der Waals surface area contributed by atoms with Gasteiger partial charge in [0.2, 0.25) is 5.91 Å². The molecule has 1 heterocycles. The fraction of sp³-hybridized carbons (Fsp3) is 0.200. The van der Waals surface area contributed by atoms with E-state index in [0.717, 1.165) is 10.6 Å². The molecule has 1 unspecified atom stereocenters. The molecule has 0 fully saturated rings. The average molecular weight is 341 g/mol. The molecule has 21 heavy (non-hydrogen) atoms. The van der Waals surface area contributed by atoms with Crippen LogP contribution in [-0.2, 0) is 11.3 Å². The zero-order valence-corrected chi connectivity index (χ0v) is 13.7. The molecule has 1 aromatic carbocycles. The largest absolute Gasteiger partial charge is 0.351 e. The summed E-state index contributed by atoms with van der Waals surface area (Å²) in [6, 6.07) is 11.0. The van der Waals surface area contributed by atoms with Crippen molar-refractivity contribution in [2.24, 2.45) is 0 Å². The van der Waals surface area contributed by atoms with E-state index in [2.05, 4.69) is 10.3 Å². The van der Waals surface area contributed by atoms with Gasteiger partial charge in [-0.1, -0.05) is 53.2 Å². The van der Waals surface area contributed by atoms with Gasteiger partial charge in [0.05, 0.1) is 15.3 Å². The van der Waals surface area contributed by atoms with Crippen molar-refractivity contribution < 1.29 is 4.79 Å². The molecule has 0 aliphatic carbocycles. The second-order valence-corrected chi connectivity index (χ2v) is 6.59. The third-order valence-electron chi connectivity index (χ3n) is 2.78. The summed E-state index contributed by atoms with van der Waals surface area (Å²) in [5, 5.41) is 4.62. The van der Waals surface area contributed by atoms with Gasteiger partial charge in [0.25, 0.3) is 0 Å². The lowest BCUT2D eigenvalue weighted by Crippen LogP contribution is -2.30. The molecular formula is C15H14Cl2N2OS. The van der Waals surface area contributed by atoms with E-state index in [-0.39, 0.29) is 11.2 Å².